The van der Waals surface area contributed by atoms with Crippen LogP contribution in [0.3, 0.4) is 0 Å². The molecule has 1 aliphatic carbocycles. The highest BCUT2D eigenvalue weighted by Crippen LogP contribution is 2.29. The van der Waals surface area contributed by atoms with Crippen molar-refractivity contribution >= 4 is 5.91 Å². The topological polar surface area (TPSA) is 53.6 Å². The minimum atomic E-state index is 0.0670. The minimum Gasteiger partial charge on any atom is -0.496 e. The molecule has 1 aromatic carbocycles. The first kappa shape index (κ1) is 18.2. The molecule has 138 valence electrons. The number of methoxy groups -OCH3 is 1. The zero-order valence-corrected chi connectivity index (χ0v) is 15.7. The van der Waals surface area contributed by atoms with Crippen molar-refractivity contribution < 1.29 is 9.53 Å². The number of likely N-dealkylation sites (tertiary alicyclic amines) is 1. The van der Waals surface area contributed by atoms with Gasteiger partial charge in [0.25, 0.3) is 0 Å². The number of carbonyl (C=O) groups is 1. The average molecular weight is 345 g/mol. The number of benzene rings is 1. The second-order valence-electron chi connectivity index (χ2n) is 7.46. The summed E-state index contributed by atoms with van der Waals surface area (Å²) in [5, 5.41) is 6.51. The zero-order chi connectivity index (χ0) is 17.8. The Balaban J connectivity index is 1.43. The summed E-state index contributed by atoms with van der Waals surface area (Å²) in [7, 11) is 1.68. The van der Waals surface area contributed by atoms with Gasteiger partial charge < -0.3 is 20.3 Å². The lowest BCUT2D eigenvalue weighted by atomic mass is 10.0. The van der Waals surface area contributed by atoms with Crippen molar-refractivity contribution in [3.05, 3.63) is 29.3 Å². The Morgan fingerprint density at radius 2 is 2.00 bits per heavy atom. The van der Waals surface area contributed by atoms with Crippen molar-refractivity contribution in [1.82, 2.24) is 15.5 Å². The van der Waals surface area contributed by atoms with E-state index in [-0.39, 0.29) is 11.9 Å². The molecule has 0 spiro atoms. The van der Waals surface area contributed by atoms with Crippen LogP contribution in [0.25, 0.3) is 0 Å². The van der Waals surface area contributed by atoms with Crippen molar-refractivity contribution in [2.24, 2.45) is 0 Å². The van der Waals surface area contributed by atoms with Gasteiger partial charge in [0.05, 0.1) is 13.7 Å². The summed E-state index contributed by atoms with van der Waals surface area (Å²) in [5.41, 5.74) is 2.28. The van der Waals surface area contributed by atoms with Crippen molar-refractivity contribution in [1.29, 1.82) is 0 Å². The number of hydrogen-bond acceptors (Lipinski definition) is 4. The first-order chi connectivity index (χ1) is 12.1. The number of amides is 1. The molecule has 0 bridgehead atoms. The van der Waals surface area contributed by atoms with Gasteiger partial charge in [-0.05, 0) is 45.6 Å². The molecule has 1 amide bonds. The summed E-state index contributed by atoms with van der Waals surface area (Å²) >= 11 is 0. The van der Waals surface area contributed by atoms with E-state index in [2.05, 4.69) is 35.4 Å². The van der Waals surface area contributed by atoms with E-state index in [1.54, 1.807) is 7.11 Å². The Hall–Kier alpha value is -1.59. The van der Waals surface area contributed by atoms with Crippen molar-refractivity contribution in [3.63, 3.8) is 0 Å². The van der Waals surface area contributed by atoms with Gasteiger partial charge in [0.1, 0.15) is 5.75 Å². The van der Waals surface area contributed by atoms with E-state index in [0.717, 1.165) is 43.3 Å². The molecule has 0 aromatic heterocycles. The molecule has 2 fully saturated rings. The molecule has 2 aliphatic rings. The predicted octanol–water partition coefficient (Wildman–Crippen LogP) is 2.40. The highest BCUT2D eigenvalue weighted by atomic mass is 16.5. The van der Waals surface area contributed by atoms with Crippen LogP contribution in [-0.2, 0) is 4.79 Å². The molecule has 5 nitrogen and oxygen atoms in total. The smallest absolute Gasteiger partial charge is 0.234 e. The molecule has 1 aliphatic heterocycles. The number of nitrogens with one attached hydrogen (secondary N) is 2. The van der Waals surface area contributed by atoms with Gasteiger partial charge in [0.2, 0.25) is 5.91 Å². The second-order valence-corrected chi connectivity index (χ2v) is 7.46. The van der Waals surface area contributed by atoms with E-state index in [1.807, 2.05) is 12.1 Å². The van der Waals surface area contributed by atoms with Crippen LogP contribution in [0.5, 0.6) is 5.75 Å². The van der Waals surface area contributed by atoms with Gasteiger partial charge >= 0.3 is 0 Å². The minimum absolute atomic E-state index is 0.0670. The van der Waals surface area contributed by atoms with Gasteiger partial charge in [-0.25, -0.2) is 0 Å². The number of hydrogen-bond donors (Lipinski definition) is 2. The second kappa shape index (κ2) is 8.19. The molecule has 5 heteroatoms. The maximum Gasteiger partial charge on any atom is 0.234 e. The molecule has 0 unspecified atom stereocenters. The van der Waals surface area contributed by atoms with E-state index >= 15 is 0 Å². The van der Waals surface area contributed by atoms with Crippen LogP contribution >= 0.6 is 0 Å². The van der Waals surface area contributed by atoms with Crippen LogP contribution in [0.4, 0.5) is 0 Å². The maximum atomic E-state index is 12.3. The predicted molar refractivity (Wildman–Crippen MR) is 99.9 cm³/mol. The molecule has 1 atom stereocenters. The molecule has 0 radical (unpaired) electrons. The summed E-state index contributed by atoms with van der Waals surface area (Å²) in [5.74, 6) is 0.946. The van der Waals surface area contributed by atoms with Crippen LogP contribution in [0.2, 0.25) is 0 Å². The fourth-order valence-corrected chi connectivity index (χ4v) is 3.68. The van der Waals surface area contributed by atoms with E-state index in [1.165, 1.54) is 18.4 Å². The number of carbonyl (C=O) groups excluding carboxylic acids is 1. The molecular formula is C20H31N3O2. The van der Waals surface area contributed by atoms with Gasteiger partial charge in [-0.15, -0.1) is 0 Å². The van der Waals surface area contributed by atoms with E-state index in [9.17, 15) is 4.79 Å². The van der Waals surface area contributed by atoms with Gasteiger partial charge in [-0.3, -0.25) is 4.79 Å². The van der Waals surface area contributed by atoms with E-state index in [4.69, 9.17) is 4.74 Å². The Bertz CT molecular complexity index is 593. The molecule has 1 heterocycles. The number of piperidine rings is 1. The third-order valence-electron chi connectivity index (χ3n) is 5.38. The number of rotatable bonds is 7. The summed E-state index contributed by atoms with van der Waals surface area (Å²) in [4.78, 5) is 14.9. The third-order valence-corrected chi connectivity index (χ3v) is 5.38. The fraction of sp³-hybridized carbons (Fsp3) is 0.650. The van der Waals surface area contributed by atoms with Crippen LogP contribution in [0.1, 0.15) is 49.8 Å². The zero-order valence-electron chi connectivity index (χ0n) is 15.7. The Morgan fingerprint density at radius 3 is 2.64 bits per heavy atom. The first-order valence-corrected chi connectivity index (χ1v) is 9.48. The molecule has 1 saturated carbocycles. The molecule has 3 rings (SSSR count). The fourth-order valence-electron chi connectivity index (χ4n) is 3.68. The molecule has 2 N–H and O–H groups in total. The quantitative estimate of drug-likeness (QED) is 0.797. The molecule has 1 aromatic rings. The lowest BCUT2D eigenvalue weighted by Gasteiger charge is -2.32. The van der Waals surface area contributed by atoms with Crippen LogP contribution in [-0.4, -0.2) is 49.6 Å². The van der Waals surface area contributed by atoms with E-state index < -0.39 is 0 Å². The van der Waals surface area contributed by atoms with Crippen molar-refractivity contribution in [2.75, 3.05) is 26.7 Å². The van der Waals surface area contributed by atoms with E-state index in [0.29, 0.717) is 12.6 Å². The number of aryl methyl sites for hydroxylation is 1. The molecule has 1 saturated heterocycles. The lowest BCUT2D eigenvalue weighted by Crippen LogP contribution is -2.47. The van der Waals surface area contributed by atoms with Gasteiger partial charge in [-0.2, -0.15) is 0 Å². The largest absolute Gasteiger partial charge is 0.496 e. The van der Waals surface area contributed by atoms with Gasteiger partial charge in [0, 0.05) is 36.8 Å². The van der Waals surface area contributed by atoms with Crippen molar-refractivity contribution in [2.45, 2.75) is 57.7 Å². The average Bonchev–Trinajstić information content (AvgIpc) is 3.45. The van der Waals surface area contributed by atoms with Crippen molar-refractivity contribution in [3.8, 4) is 5.75 Å². The summed E-state index contributed by atoms with van der Waals surface area (Å²) in [6.45, 7) is 6.72. The monoisotopic (exact) mass is 345 g/mol. The Morgan fingerprint density at radius 1 is 1.28 bits per heavy atom. The third kappa shape index (κ3) is 4.95. The van der Waals surface area contributed by atoms with Gasteiger partial charge in [0.15, 0.2) is 0 Å². The normalized spacial score (nSPS) is 20.3. The van der Waals surface area contributed by atoms with Gasteiger partial charge in [-0.1, -0.05) is 17.7 Å². The van der Waals surface area contributed by atoms with Crippen LogP contribution in [0, 0.1) is 6.92 Å². The Labute approximate surface area is 151 Å². The Kier molecular flexibility index (Phi) is 5.97. The SMILES string of the molecule is COc1ccc(C)cc1[C@H](C)NCC(=O)NC1CCN(C2CC2)CC1. The maximum absolute atomic E-state index is 12.3. The summed E-state index contributed by atoms with van der Waals surface area (Å²) < 4.78 is 5.44. The van der Waals surface area contributed by atoms with Crippen LogP contribution in [0.15, 0.2) is 18.2 Å². The standard InChI is InChI=1S/C20H31N3O2/c1-14-4-7-19(25-3)18(12-14)15(2)21-13-20(24)22-16-8-10-23(11-9-16)17-5-6-17/h4,7,12,15-17,21H,5-6,8-11,13H2,1-3H3,(H,22,24)/t15-/m0/s1. The highest BCUT2D eigenvalue weighted by molar-refractivity contribution is 5.78. The highest BCUT2D eigenvalue weighted by Gasteiger charge is 2.32. The first-order valence-electron chi connectivity index (χ1n) is 9.48. The summed E-state index contributed by atoms with van der Waals surface area (Å²) in [6.07, 6.45) is 4.87. The number of ether oxygens (including phenoxy) is 1. The summed E-state index contributed by atoms with van der Waals surface area (Å²) in [6, 6.07) is 7.36. The molecular weight excluding hydrogens is 314 g/mol. The number of nitrogens with zero attached hydrogens (tertiary/aromatic N) is 1. The van der Waals surface area contributed by atoms with Crippen LogP contribution < -0.4 is 15.4 Å². The molecule has 25 heavy (non-hydrogen) atoms. The lowest BCUT2D eigenvalue weighted by molar-refractivity contribution is -0.121.